The van der Waals surface area contributed by atoms with Gasteiger partial charge in [0.15, 0.2) is 0 Å². The maximum absolute atomic E-state index is 14.0. The van der Waals surface area contributed by atoms with E-state index in [1.807, 2.05) is 61.0 Å². The largest absolute Gasteiger partial charge is 1.00 e. The van der Waals surface area contributed by atoms with E-state index in [4.69, 9.17) is 11.6 Å². The van der Waals surface area contributed by atoms with Crippen LogP contribution >= 0.6 is 11.6 Å². The maximum Gasteiger partial charge on any atom is 1.00 e. The minimum absolute atomic E-state index is 0. The van der Waals surface area contributed by atoms with Crippen LogP contribution in [0.5, 0.6) is 0 Å². The molecule has 2 heterocycles. The number of carboxylic acids is 1. The van der Waals surface area contributed by atoms with Crippen molar-refractivity contribution in [2.24, 2.45) is 7.05 Å². The summed E-state index contributed by atoms with van der Waals surface area (Å²) in [5.74, 6) is -1.09. The normalized spacial score (nSPS) is 11.4. The number of aromatic carboxylic acids is 1. The van der Waals surface area contributed by atoms with Crippen LogP contribution in [0.1, 0.15) is 21.6 Å². The molecule has 7 nitrogen and oxygen atoms in total. The Bertz CT molecular complexity index is 1750. The number of hydrogen-bond acceptors (Lipinski definition) is 5. The third-order valence-corrected chi connectivity index (χ3v) is 8.34. The monoisotopic (exact) mass is 541 g/mol. The molecule has 5 rings (SSSR count). The number of carboxylic acid groups (broad SMARTS) is 1. The Labute approximate surface area is 241 Å². The van der Waals surface area contributed by atoms with Gasteiger partial charge in [0.05, 0.1) is 17.4 Å². The summed E-state index contributed by atoms with van der Waals surface area (Å²) < 4.78 is 31.1. The van der Waals surface area contributed by atoms with Crippen molar-refractivity contribution >= 4 is 55.1 Å². The smallest absolute Gasteiger partial charge is 0.545 e. The van der Waals surface area contributed by atoms with Gasteiger partial charge < -0.3 is 14.5 Å². The van der Waals surface area contributed by atoms with Crippen LogP contribution in [0, 0.1) is 6.92 Å². The van der Waals surface area contributed by atoms with Gasteiger partial charge in [-0.2, -0.15) is 0 Å². The van der Waals surface area contributed by atoms with Gasteiger partial charge in [0.1, 0.15) is 5.82 Å². The van der Waals surface area contributed by atoms with Crippen molar-refractivity contribution in [1.29, 1.82) is 0 Å². The van der Waals surface area contributed by atoms with Gasteiger partial charge in [-0.3, -0.25) is 0 Å². The minimum atomic E-state index is -4.13. The second-order valence-electron chi connectivity index (χ2n) is 8.52. The molecule has 0 aliphatic rings. The van der Waals surface area contributed by atoms with Gasteiger partial charge in [-0.1, -0.05) is 48.0 Å². The van der Waals surface area contributed by atoms with E-state index in [9.17, 15) is 18.3 Å². The summed E-state index contributed by atoms with van der Waals surface area (Å²) in [6.07, 6.45) is 1.65. The SMILES string of the molecule is Cc1c(N(Cc2cc3cc(Cl)ccc3n2C)S(=O)(=O)c2ccc(C(=O)[O-])cc2)ncc2ccccc12.[Na+]. The maximum atomic E-state index is 14.0. The predicted molar refractivity (Wildman–Crippen MR) is 139 cm³/mol. The summed E-state index contributed by atoms with van der Waals surface area (Å²) in [4.78, 5) is 15.7. The Kier molecular flexibility index (Phi) is 7.69. The second-order valence-corrected chi connectivity index (χ2v) is 10.8. The Morgan fingerprint density at radius 3 is 2.43 bits per heavy atom. The number of carbonyl (C=O) groups is 1. The third-order valence-electron chi connectivity index (χ3n) is 6.35. The molecule has 0 atom stereocenters. The number of hydrogen-bond donors (Lipinski definition) is 0. The van der Waals surface area contributed by atoms with Gasteiger partial charge >= 0.3 is 29.6 Å². The standard InChI is InChI=1S/C27H22ClN3O4S.Na/c1-17-24-6-4-3-5-19(24)15-29-26(17)31(36(34,35)23-10-7-18(8-11-23)27(32)33)16-22-14-20-13-21(28)9-12-25(20)30(22)2;/h3-15H,16H2,1-2H3,(H,32,33);/q;+1/p-1. The number of aryl methyl sites for hydroxylation is 2. The van der Waals surface area contributed by atoms with Gasteiger partial charge in [0.25, 0.3) is 10.0 Å². The summed E-state index contributed by atoms with van der Waals surface area (Å²) in [7, 11) is -2.26. The van der Waals surface area contributed by atoms with Crippen LogP contribution in [0.4, 0.5) is 5.82 Å². The van der Waals surface area contributed by atoms with E-state index in [-0.39, 0.29) is 46.6 Å². The molecular formula is C27H21ClN3NaO4S. The number of rotatable bonds is 6. The molecule has 0 N–H and O–H groups in total. The van der Waals surface area contributed by atoms with E-state index >= 15 is 0 Å². The molecule has 0 fully saturated rings. The molecule has 182 valence electrons. The molecule has 0 spiro atoms. The number of halogens is 1. The molecule has 0 unspecified atom stereocenters. The van der Waals surface area contributed by atoms with E-state index in [1.54, 1.807) is 12.3 Å². The van der Waals surface area contributed by atoms with Crippen LogP contribution in [0.2, 0.25) is 5.02 Å². The molecule has 0 aliphatic heterocycles. The molecule has 0 saturated heterocycles. The van der Waals surface area contributed by atoms with Gasteiger partial charge in [0.2, 0.25) is 0 Å². The zero-order valence-corrected chi connectivity index (χ0v) is 24.0. The average Bonchev–Trinajstić information content (AvgIpc) is 3.17. The zero-order chi connectivity index (χ0) is 25.6. The van der Waals surface area contributed by atoms with E-state index in [2.05, 4.69) is 4.98 Å². The van der Waals surface area contributed by atoms with E-state index < -0.39 is 16.0 Å². The summed E-state index contributed by atoms with van der Waals surface area (Å²) in [6, 6.07) is 20.0. The van der Waals surface area contributed by atoms with Crippen LogP contribution in [0.3, 0.4) is 0 Å². The molecule has 0 bridgehead atoms. The van der Waals surface area contributed by atoms with Crippen molar-refractivity contribution < 1.29 is 47.9 Å². The number of nitrogens with zero attached hydrogens (tertiary/aromatic N) is 3. The third kappa shape index (κ3) is 5.00. The molecule has 0 saturated carbocycles. The average molecular weight is 542 g/mol. The first-order valence-corrected chi connectivity index (χ1v) is 12.9. The van der Waals surface area contributed by atoms with Gasteiger partial charge in [-0.25, -0.2) is 17.7 Å². The van der Waals surface area contributed by atoms with Crippen LogP contribution < -0.4 is 39.0 Å². The van der Waals surface area contributed by atoms with Crippen LogP contribution in [-0.2, 0) is 23.6 Å². The number of carbonyl (C=O) groups excluding carboxylic acids is 1. The molecule has 2 aromatic heterocycles. The Balaban J connectivity index is 0.00000320. The first kappa shape index (κ1) is 27.2. The number of benzene rings is 3. The Morgan fingerprint density at radius 2 is 1.73 bits per heavy atom. The van der Waals surface area contributed by atoms with Crippen molar-refractivity contribution in [1.82, 2.24) is 9.55 Å². The summed E-state index contributed by atoms with van der Waals surface area (Å²) in [5, 5.41) is 14.4. The molecule has 0 aliphatic carbocycles. The Morgan fingerprint density at radius 1 is 1.03 bits per heavy atom. The van der Waals surface area contributed by atoms with E-state index in [0.717, 1.165) is 27.4 Å². The fraction of sp³-hybridized carbons (Fsp3) is 0.111. The molecule has 37 heavy (non-hydrogen) atoms. The first-order chi connectivity index (χ1) is 17.2. The molecule has 3 aromatic carbocycles. The Hall–Kier alpha value is -2.88. The number of anilines is 1. The van der Waals surface area contributed by atoms with Crippen LogP contribution in [0.25, 0.3) is 21.7 Å². The van der Waals surface area contributed by atoms with Crippen molar-refractivity contribution in [3.8, 4) is 0 Å². The molecule has 5 aromatic rings. The topological polar surface area (TPSA) is 95.3 Å². The first-order valence-electron chi connectivity index (χ1n) is 11.1. The number of fused-ring (bicyclic) bond motifs is 2. The van der Waals surface area contributed by atoms with Gasteiger partial charge in [0, 0.05) is 45.8 Å². The number of aromatic nitrogens is 2. The van der Waals surface area contributed by atoms with Crippen LogP contribution in [0.15, 0.2) is 83.9 Å². The predicted octanol–water partition coefficient (Wildman–Crippen LogP) is 1.45. The minimum Gasteiger partial charge on any atom is -0.545 e. The van der Waals surface area contributed by atoms with Crippen LogP contribution in [-0.4, -0.2) is 23.9 Å². The second kappa shape index (κ2) is 10.5. The fourth-order valence-electron chi connectivity index (χ4n) is 4.39. The fourth-order valence-corrected chi connectivity index (χ4v) is 6.02. The van der Waals surface area contributed by atoms with Gasteiger partial charge in [-0.05, 0) is 54.3 Å². The van der Waals surface area contributed by atoms with Crippen molar-refractivity contribution in [3.63, 3.8) is 0 Å². The number of sulfonamides is 1. The van der Waals surface area contributed by atoms with Crippen molar-refractivity contribution in [3.05, 3.63) is 101 Å². The molecule has 10 heteroatoms. The summed E-state index contributed by atoms with van der Waals surface area (Å²) in [6.45, 7) is 1.84. The molecule has 0 amide bonds. The van der Waals surface area contributed by atoms with Crippen molar-refractivity contribution in [2.75, 3.05) is 4.31 Å². The quantitative estimate of drug-likeness (QED) is 0.303. The summed E-state index contributed by atoms with van der Waals surface area (Å²) >= 11 is 6.17. The molecular weight excluding hydrogens is 521 g/mol. The van der Waals surface area contributed by atoms with Crippen molar-refractivity contribution in [2.45, 2.75) is 18.4 Å². The van der Waals surface area contributed by atoms with E-state index in [0.29, 0.717) is 16.4 Å². The van der Waals surface area contributed by atoms with E-state index in [1.165, 1.54) is 28.6 Å². The zero-order valence-electron chi connectivity index (χ0n) is 20.5. The number of pyridine rings is 1. The summed E-state index contributed by atoms with van der Waals surface area (Å²) in [5.41, 5.74) is 2.25. The molecule has 0 radical (unpaired) electrons. The van der Waals surface area contributed by atoms with Gasteiger partial charge in [-0.15, -0.1) is 0 Å².